The molecule has 1 aromatic carbocycles. The summed E-state index contributed by atoms with van der Waals surface area (Å²) in [5.74, 6) is -1.89. The lowest BCUT2D eigenvalue weighted by Gasteiger charge is -2.10. The van der Waals surface area contributed by atoms with Crippen LogP contribution in [-0.2, 0) is 9.59 Å². The number of rotatable bonds is 4. The maximum atomic E-state index is 11.6. The molecule has 1 amide bonds. The molecule has 0 bridgehead atoms. The summed E-state index contributed by atoms with van der Waals surface area (Å²) >= 11 is 5.92. The number of amides is 1. The Bertz CT molecular complexity index is 445. The minimum atomic E-state index is -0.991. The highest BCUT2D eigenvalue weighted by Crippen LogP contribution is 2.20. The Labute approximate surface area is 105 Å². The van der Waals surface area contributed by atoms with Gasteiger partial charge in [0.2, 0.25) is 5.91 Å². The molecule has 5 heteroatoms. The van der Waals surface area contributed by atoms with Crippen molar-refractivity contribution < 1.29 is 14.7 Å². The molecule has 0 aliphatic carbocycles. The highest BCUT2D eigenvalue weighted by Gasteiger charge is 2.16. The van der Waals surface area contributed by atoms with E-state index in [2.05, 4.69) is 5.32 Å². The number of anilines is 1. The van der Waals surface area contributed by atoms with Crippen molar-refractivity contribution in [1.82, 2.24) is 0 Å². The van der Waals surface area contributed by atoms with E-state index in [0.717, 1.165) is 5.56 Å². The van der Waals surface area contributed by atoms with E-state index in [9.17, 15) is 9.59 Å². The van der Waals surface area contributed by atoms with E-state index in [1.807, 2.05) is 6.92 Å². The molecule has 0 saturated carbocycles. The van der Waals surface area contributed by atoms with Crippen molar-refractivity contribution >= 4 is 29.2 Å². The molecule has 0 heterocycles. The van der Waals surface area contributed by atoms with Gasteiger partial charge in [-0.1, -0.05) is 24.6 Å². The van der Waals surface area contributed by atoms with Crippen molar-refractivity contribution in [3.05, 3.63) is 28.8 Å². The smallest absolute Gasteiger partial charge is 0.304 e. The second-order valence-electron chi connectivity index (χ2n) is 3.95. The average Bonchev–Trinajstić information content (AvgIpc) is 2.22. The van der Waals surface area contributed by atoms with Crippen LogP contribution in [0.15, 0.2) is 18.2 Å². The van der Waals surface area contributed by atoms with Crippen molar-refractivity contribution in [2.24, 2.45) is 5.92 Å². The molecular weight excluding hydrogens is 242 g/mol. The average molecular weight is 256 g/mol. The largest absolute Gasteiger partial charge is 0.481 e. The summed E-state index contributed by atoms with van der Waals surface area (Å²) in [5, 5.41) is 11.8. The van der Waals surface area contributed by atoms with Crippen molar-refractivity contribution in [3.8, 4) is 0 Å². The van der Waals surface area contributed by atoms with Gasteiger partial charge in [-0.15, -0.1) is 0 Å². The number of hydrogen-bond acceptors (Lipinski definition) is 2. The number of benzene rings is 1. The van der Waals surface area contributed by atoms with E-state index in [0.29, 0.717) is 10.7 Å². The topological polar surface area (TPSA) is 66.4 Å². The summed E-state index contributed by atoms with van der Waals surface area (Å²) < 4.78 is 0. The molecule has 0 aliphatic heterocycles. The van der Waals surface area contributed by atoms with E-state index in [1.54, 1.807) is 25.1 Å². The molecule has 0 fully saturated rings. The number of halogens is 1. The summed E-state index contributed by atoms with van der Waals surface area (Å²) in [6, 6.07) is 5.16. The van der Waals surface area contributed by atoms with Crippen LogP contribution < -0.4 is 5.32 Å². The fourth-order valence-electron chi connectivity index (χ4n) is 1.29. The first-order valence-corrected chi connectivity index (χ1v) is 5.56. The van der Waals surface area contributed by atoms with Crippen molar-refractivity contribution in [2.45, 2.75) is 20.3 Å². The van der Waals surface area contributed by atoms with E-state index >= 15 is 0 Å². The van der Waals surface area contributed by atoms with Gasteiger partial charge in [-0.3, -0.25) is 9.59 Å². The maximum Gasteiger partial charge on any atom is 0.304 e. The zero-order valence-corrected chi connectivity index (χ0v) is 10.4. The van der Waals surface area contributed by atoms with Crippen LogP contribution in [-0.4, -0.2) is 17.0 Å². The van der Waals surface area contributed by atoms with Gasteiger partial charge in [0.05, 0.1) is 6.42 Å². The van der Waals surface area contributed by atoms with Gasteiger partial charge in [0, 0.05) is 16.6 Å². The Morgan fingerprint density at radius 2 is 2.12 bits per heavy atom. The van der Waals surface area contributed by atoms with Crippen LogP contribution in [0.3, 0.4) is 0 Å². The summed E-state index contributed by atoms with van der Waals surface area (Å²) in [6.45, 7) is 3.43. The summed E-state index contributed by atoms with van der Waals surface area (Å²) in [4.78, 5) is 22.1. The molecule has 0 aliphatic rings. The maximum absolute atomic E-state index is 11.6. The van der Waals surface area contributed by atoms with Crippen molar-refractivity contribution in [1.29, 1.82) is 0 Å². The van der Waals surface area contributed by atoms with Crippen LogP contribution >= 0.6 is 11.6 Å². The first-order chi connectivity index (χ1) is 7.90. The van der Waals surface area contributed by atoms with Crippen LogP contribution in [0.25, 0.3) is 0 Å². The summed E-state index contributed by atoms with van der Waals surface area (Å²) in [7, 11) is 0. The van der Waals surface area contributed by atoms with Gasteiger partial charge in [-0.05, 0) is 24.6 Å². The predicted molar refractivity (Wildman–Crippen MR) is 66.2 cm³/mol. The van der Waals surface area contributed by atoms with Gasteiger partial charge in [0.1, 0.15) is 0 Å². The summed E-state index contributed by atoms with van der Waals surface area (Å²) in [6.07, 6.45) is -0.189. The highest BCUT2D eigenvalue weighted by molar-refractivity contribution is 6.31. The number of aliphatic carboxylic acids is 1. The van der Waals surface area contributed by atoms with Gasteiger partial charge in [0.15, 0.2) is 0 Å². The van der Waals surface area contributed by atoms with Crippen molar-refractivity contribution in [2.75, 3.05) is 5.32 Å². The number of aryl methyl sites for hydroxylation is 1. The molecule has 92 valence electrons. The van der Waals surface area contributed by atoms with Crippen LogP contribution in [0.1, 0.15) is 18.9 Å². The Morgan fingerprint density at radius 1 is 1.47 bits per heavy atom. The molecular formula is C12H14ClNO3. The number of carboxylic acids is 1. The molecule has 0 aromatic heterocycles. The summed E-state index contributed by atoms with van der Waals surface area (Å²) in [5.41, 5.74) is 1.49. The van der Waals surface area contributed by atoms with E-state index in [4.69, 9.17) is 16.7 Å². The number of hydrogen-bond donors (Lipinski definition) is 2. The quantitative estimate of drug-likeness (QED) is 0.869. The van der Waals surface area contributed by atoms with Gasteiger partial charge in [-0.25, -0.2) is 0 Å². The first kappa shape index (κ1) is 13.5. The van der Waals surface area contributed by atoms with Gasteiger partial charge < -0.3 is 10.4 Å². The van der Waals surface area contributed by atoms with Gasteiger partial charge >= 0.3 is 5.97 Å². The van der Waals surface area contributed by atoms with Crippen LogP contribution in [0, 0.1) is 12.8 Å². The standard InChI is InChI=1S/C12H14ClNO3/c1-7-3-4-9(6-10(7)13)14-12(17)8(2)5-11(15)16/h3-4,6,8H,5H2,1-2H3,(H,14,17)(H,15,16). The third-order valence-corrected chi connectivity index (χ3v) is 2.77. The van der Waals surface area contributed by atoms with Crippen molar-refractivity contribution in [3.63, 3.8) is 0 Å². The predicted octanol–water partition coefficient (Wildman–Crippen LogP) is 2.70. The normalized spacial score (nSPS) is 11.9. The molecule has 1 aromatic rings. The number of carbonyl (C=O) groups excluding carboxylic acids is 1. The Balaban J connectivity index is 2.67. The lowest BCUT2D eigenvalue weighted by molar-refractivity contribution is -0.139. The molecule has 2 N–H and O–H groups in total. The lowest BCUT2D eigenvalue weighted by Crippen LogP contribution is -2.22. The zero-order chi connectivity index (χ0) is 13.0. The molecule has 1 atom stereocenters. The molecule has 17 heavy (non-hydrogen) atoms. The fraction of sp³-hybridized carbons (Fsp3) is 0.333. The molecule has 0 spiro atoms. The Morgan fingerprint density at radius 3 is 2.65 bits per heavy atom. The van der Waals surface area contributed by atoms with E-state index in [-0.39, 0.29) is 12.3 Å². The first-order valence-electron chi connectivity index (χ1n) is 5.19. The third-order valence-electron chi connectivity index (χ3n) is 2.37. The molecule has 0 saturated heterocycles. The minimum Gasteiger partial charge on any atom is -0.481 e. The fourth-order valence-corrected chi connectivity index (χ4v) is 1.47. The molecule has 4 nitrogen and oxygen atoms in total. The molecule has 1 rings (SSSR count). The lowest BCUT2D eigenvalue weighted by atomic mass is 10.1. The van der Waals surface area contributed by atoms with Crippen LogP contribution in [0.4, 0.5) is 5.69 Å². The second kappa shape index (κ2) is 5.68. The zero-order valence-electron chi connectivity index (χ0n) is 9.66. The number of nitrogens with one attached hydrogen (secondary N) is 1. The number of carbonyl (C=O) groups is 2. The SMILES string of the molecule is Cc1ccc(NC(=O)C(C)CC(=O)O)cc1Cl. The minimum absolute atomic E-state index is 0.189. The third kappa shape index (κ3) is 4.07. The monoisotopic (exact) mass is 255 g/mol. The van der Waals surface area contributed by atoms with Gasteiger partial charge in [-0.2, -0.15) is 0 Å². The highest BCUT2D eigenvalue weighted by atomic mass is 35.5. The van der Waals surface area contributed by atoms with Crippen LogP contribution in [0.5, 0.6) is 0 Å². The Kier molecular flexibility index (Phi) is 4.52. The van der Waals surface area contributed by atoms with E-state index in [1.165, 1.54) is 0 Å². The van der Waals surface area contributed by atoms with E-state index < -0.39 is 11.9 Å². The number of carboxylic acid groups (broad SMARTS) is 1. The second-order valence-corrected chi connectivity index (χ2v) is 4.36. The van der Waals surface area contributed by atoms with Gasteiger partial charge in [0.25, 0.3) is 0 Å². The van der Waals surface area contributed by atoms with Crippen LogP contribution in [0.2, 0.25) is 5.02 Å². The molecule has 0 radical (unpaired) electrons. The Hall–Kier alpha value is -1.55. The molecule has 1 unspecified atom stereocenters.